The molecule has 8 nitrogen and oxygen atoms in total. The van der Waals surface area contributed by atoms with Crippen LogP contribution in [0.1, 0.15) is 174 Å². The molecule has 48 heavy (non-hydrogen) atoms. The Morgan fingerprint density at radius 3 is 1.69 bits per heavy atom. The topological polar surface area (TPSA) is 131 Å². The Morgan fingerprint density at radius 1 is 0.688 bits per heavy atom. The van der Waals surface area contributed by atoms with Gasteiger partial charge in [0.25, 0.3) is 0 Å². The maximum absolute atomic E-state index is 12.7. The lowest BCUT2D eigenvalue weighted by molar-refractivity contribution is -0.123. The molecule has 282 valence electrons. The predicted molar refractivity (Wildman–Crippen MR) is 203 cm³/mol. The maximum Gasteiger partial charge on any atom is 0.472 e. The van der Waals surface area contributed by atoms with E-state index in [9.17, 15) is 19.4 Å². The fraction of sp³-hybridized carbons (Fsp3) is 0.821. The van der Waals surface area contributed by atoms with E-state index in [-0.39, 0.29) is 25.7 Å². The van der Waals surface area contributed by atoms with E-state index in [0.717, 1.165) is 64.2 Å². The Kier molecular flexibility index (Phi) is 34.6. The molecule has 3 atom stereocenters. The number of unbranched alkanes of at least 4 members (excludes halogenated alkanes) is 20. The van der Waals surface area contributed by atoms with Gasteiger partial charge in [-0.1, -0.05) is 153 Å². The van der Waals surface area contributed by atoms with Crippen molar-refractivity contribution >= 4 is 13.7 Å². The van der Waals surface area contributed by atoms with Gasteiger partial charge in [-0.05, 0) is 51.4 Å². The minimum atomic E-state index is -4.34. The third kappa shape index (κ3) is 33.2. The molecule has 0 fully saturated rings. The second-order valence-electron chi connectivity index (χ2n) is 13.1. The van der Waals surface area contributed by atoms with Gasteiger partial charge in [-0.25, -0.2) is 4.57 Å². The predicted octanol–water partition coefficient (Wildman–Crippen LogP) is 10.4. The van der Waals surface area contributed by atoms with Crippen molar-refractivity contribution in [3.05, 3.63) is 36.5 Å². The number of rotatable bonds is 36. The molecule has 3 unspecified atom stereocenters. The Balaban J connectivity index is 4.33. The quantitative estimate of drug-likeness (QED) is 0.0291. The first-order chi connectivity index (χ1) is 23.4. The van der Waals surface area contributed by atoms with Crippen LogP contribution >= 0.6 is 7.82 Å². The highest BCUT2D eigenvalue weighted by atomic mass is 31.2. The minimum Gasteiger partial charge on any atom is -0.387 e. The summed E-state index contributed by atoms with van der Waals surface area (Å²) in [6.07, 6.45) is 40.4. The van der Waals surface area contributed by atoms with Gasteiger partial charge in [0, 0.05) is 13.0 Å². The Bertz CT molecular complexity index is 850. The van der Waals surface area contributed by atoms with Gasteiger partial charge >= 0.3 is 7.82 Å². The molecule has 0 rings (SSSR count). The number of aliphatic hydroxyl groups excluding tert-OH is 1. The van der Waals surface area contributed by atoms with E-state index in [2.05, 4.69) is 43.5 Å². The number of carbonyl (C=O) groups is 1. The monoisotopic (exact) mass is 699 g/mol. The summed E-state index contributed by atoms with van der Waals surface area (Å²) in [5.41, 5.74) is 5.36. The number of hydrogen-bond acceptors (Lipinski definition) is 6. The molecule has 9 heteroatoms. The summed E-state index contributed by atoms with van der Waals surface area (Å²) in [5.74, 6) is -0.210. The SMILES string of the molecule is CCCCC/C=C\C/C=C\CCCCCCCC(=O)NC(COP(=O)(O)OCCN)C(O)/C=C/CCCCCCCCCCCCCC. The Labute approximate surface area is 295 Å². The first-order valence-corrected chi connectivity index (χ1v) is 21.1. The van der Waals surface area contributed by atoms with Gasteiger partial charge < -0.3 is 21.1 Å². The number of aliphatic hydroxyl groups is 1. The molecule has 0 aliphatic heterocycles. The number of phosphoric acid groups is 1. The number of nitrogens with one attached hydrogen (secondary N) is 1. The molecule has 0 aromatic rings. The standard InChI is InChI=1S/C39H75N2O6P/c1-3-5-7-9-11-13-15-17-19-21-23-25-27-29-31-33-39(43)41-37(36-47-48(44,45)46-35-34-40)38(42)32-30-28-26-24-22-20-18-16-14-12-10-8-6-4-2/h11,13,17,19,30,32,37-38,42H,3-10,12,14-16,18,20-29,31,33-36,40H2,1-2H3,(H,41,43)(H,44,45)/b13-11-,19-17-,32-30+. The zero-order chi connectivity index (χ0) is 35.4. The summed E-state index contributed by atoms with van der Waals surface area (Å²) in [4.78, 5) is 22.6. The highest BCUT2D eigenvalue weighted by molar-refractivity contribution is 7.47. The number of carbonyl (C=O) groups excluding carboxylic acids is 1. The summed E-state index contributed by atoms with van der Waals surface area (Å²) >= 11 is 0. The summed E-state index contributed by atoms with van der Waals surface area (Å²) < 4.78 is 22.0. The normalized spacial score (nSPS) is 14.7. The molecule has 0 aromatic heterocycles. The summed E-state index contributed by atoms with van der Waals surface area (Å²) in [5, 5.41) is 13.6. The molecule has 0 saturated carbocycles. The number of phosphoric ester groups is 1. The molecule has 1 amide bonds. The molecular weight excluding hydrogens is 623 g/mol. The average Bonchev–Trinajstić information content (AvgIpc) is 3.07. The van der Waals surface area contributed by atoms with Crippen LogP contribution in [-0.4, -0.2) is 47.8 Å². The van der Waals surface area contributed by atoms with Crippen LogP contribution in [0.5, 0.6) is 0 Å². The summed E-state index contributed by atoms with van der Waals surface area (Å²) in [6.45, 7) is 4.08. The van der Waals surface area contributed by atoms with Crippen LogP contribution in [0.2, 0.25) is 0 Å². The average molecular weight is 699 g/mol. The Morgan fingerprint density at radius 2 is 1.15 bits per heavy atom. The number of amides is 1. The molecule has 0 spiro atoms. The van der Waals surface area contributed by atoms with Crippen molar-refractivity contribution in [3.63, 3.8) is 0 Å². The smallest absolute Gasteiger partial charge is 0.387 e. The van der Waals surface area contributed by atoms with Crippen molar-refractivity contribution in [2.24, 2.45) is 5.73 Å². The van der Waals surface area contributed by atoms with Crippen molar-refractivity contribution in [1.82, 2.24) is 5.32 Å². The molecule has 0 aliphatic carbocycles. The van der Waals surface area contributed by atoms with Gasteiger partial charge in [-0.15, -0.1) is 0 Å². The molecular formula is C39H75N2O6P. The van der Waals surface area contributed by atoms with Crippen LogP contribution in [-0.2, 0) is 18.4 Å². The zero-order valence-corrected chi connectivity index (χ0v) is 31.9. The van der Waals surface area contributed by atoms with Gasteiger partial charge in [0.2, 0.25) is 5.91 Å². The van der Waals surface area contributed by atoms with E-state index < -0.39 is 20.0 Å². The summed E-state index contributed by atoms with van der Waals surface area (Å²) in [7, 11) is -4.34. The summed E-state index contributed by atoms with van der Waals surface area (Å²) in [6, 6.07) is -0.865. The largest absolute Gasteiger partial charge is 0.472 e. The van der Waals surface area contributed by atoms with Crippen molar-refractivity contribution in [2.75, 3.05) is 19.8 Å². The van der Waals surface area contributed by atoms with Crippen LogP contribution in [0.15, 0.2) is 36.5 Å². The van der Waals surface area contributed by atoms with E-state index in [1.807, 2.05) is 6.08 Å². The molecule has 0 bridgehead atoms. The van der Waals surface area contributed by atoms with Gasteiger partial charge in [0.05, 0.1) is 25.4 Å². The van der Waals surface area contributed by atoms with Gasteiger partial charge in [-0.2, -0.15) is 0 Å². The highest BCUT2D eigenvalue weighted by Gasteiger charge is 2.26. The first kappa shape index (κ1) is 46.7. The van der Waals surface area contributed by atoms with Gasteiger partial charge in [0.15, 0.2) is 0 Å². The lowest BCUT2D eigenvalue weighted by Crippen LogP contribution is -2.45. The highest BCUT2D eigenvalue weighted by Crippen LogP contribution is 2.43. The van der Waals surface area contributed by atoms with Gasteiger partial charge in [-0.3, -0.25) is 13.8 Å². The fourth-order valence-corrected chi connectivity index (χ4v) is 6.21. The molecule has 0 aromatic carbocycles. The second-order valence-corrected chi connectivity index (χ2v) is 14.6. The van der Waals surface area contributed by atoms with E-state index in [1.165, 1.54) is 89.9 Å². The lowest BCUT2D eigenvalue weighted by atomic mass is 10.0. The van der Waals surface area contributed by atoms with E-state index in [1.54, 1.807) is 6.08 Å². The van der Waals surface area contributed by atoms with Crippen molar-refractivity contribution in [1.29, 1.82) is 0 Å². The lowest BCUT2D eigenvalue weighted by Gasteiger charge is -2.23. The second kappa shape index (κ2) is 35.5. The van der Waals surface area contributed by atoms with Crippen molar-refractivity contribution < 1.29 is 28.4 Å². The zero-order valence-electron chi connectivity index (χ0n) is 31.0. The number of allylic oxidation sites excluding steroid dienone is 5. The molecule has 0 aliphatic rings. The van der Waals surface area contributed by atoms with Crippen molar-refractivity contribution in [3.8, 4) is 0 Å². The van der Waals surface area contributed by atoms with E-state index >= 15 is 0 Å². The Hall–Kier alpha value is -1.28. The molecule has 5 N–H and O–H groups in total. The maximum atomic E-state index is 12.7. The fourth-order valence-electron chi connectivity index (χ4n) is 5.45. The van der Waals surface area contributed by atoms with Crippen LogP contribution in [0.25, 0.3) is 0 Å². The molecule has 0 saturated heterocycles. The molecule has 0 heterocycles. The van der Waals surface area contributed by atoms with E-state index in [0.29, 0.717) is 6.42 Å². The number of hydrogen-bond donors (Lipinski definition) is 4. The minimum absolute atomic E-state index is 0.0755. The molecule has 0 radical (unpaired) electrons. The van der Waals surface area contributed by atoms with Crippen LogP contribution in [0, 0.1) is 0 Å². The van der Waals surface area contributed by atoms with Crippen LogP contribution in [0.4, 0.5) is 0 Å². The number of nitrogens with two attached hydrogens (primary N) is 1. The third-order valence-electron chi connectivity index (χ3n) is 8.46. The van der Waals surface area contributed by atoms with Crippen LogP contribution < -0.4 is 11.1 Å². The van der Waals surface area contributed by atoms with E-state index in [4.69, 9.17) is 14.8 Å². The first-order valence-electron chi connectivity index (χ1n) is 19.6. The van der Waals surface area contributed by atoms with Crippen molar-refractivity contribution in [2.45, 2.75) is 187 Å². The third-order valence-corrected chi connectivity index (χ3v) is 9.44. The van der Waals surface area contributed by atoms with Gasteiger partial charge in [0.1, 0.15) is 0 Å². The van der Waals surface area contributed by atoms with Crippen LogP contribution in [0.3, 0.4) is 0 Å².